The molecule has 2 heterocycles. The number of rotatable bonds is 1. The van der Waals surface area contributed by atoms with Crippen LogP contribution in [-0.2, 0) is 5.54 Å². The maximum atomic E-state index is 4.96. The summed E-state index contributed by atoms with van der Waals surface area (Å²) in [6.45, 7) is 8.84. The third-order valence-electron chi connectivity index (χ3n) is 4.46. The molecule has 2 aromatic carbocycles. The third-order valence-corrected chi connectivity index (χ3v) is 7.63. The minimum absolute atomic E-state index is 0.0863. The van der Waals surface area contributed by atoms with E-state index in [1.165, 1.54) is 32.8 Å². The van der Waals surface area contributed by atoms with E-state index < -0.39 is 0 Å². The first-order valence-corrected chi connectivity index (χ1v) is 11.1. The number of hydrogen-bond acceptors (Lipinski definition) is 4. The van der Waals surface area contributed by atoms with Crippen LogP contribution in [0.3, 0.4) is 0 Å². The SMILES string of the molecule is Cc1cc(C)c2c(c1)-c1c(ssc1=Nc1ccc(Br)cc1)C(C)(C)N2. The average molecular weight is 431 g/mol. The van der Waals surface area contributed by atoms with Gasteiger partial charge in [-0.15, -0.1) is 0 Å². The van der Waals surface area contributed by atoms with E-state index in [1.807, 2.05) is 22.5 Å². The summed E-state index contributed by atoms with van der Waals surface area (Å²) < 4.78 is 2.17. The van der Waals surface area contributed by atoms with Gasteiger partial charge in [0.25, 0.3) is 0 Å². The summed E-state index contributed by atoms with van der Waals surface area (Å²) in [4.78, 5) is 6.33. The Bertz CT molecular complexity index is 1030. The molecule has 0 atom stereocenters. The van der Waals surface area contributed by atoms with Gasteiger partial charge in [0.2, 0.25) is 0 Å². The van der Waals surface area contributed by atoms with Crippen LogP contribution in [0.2, 0.25) is 0 Å². The smallest absolute Gasteiger partial charge is 0.135 e. The summed E-state index contributed by atoms with van der Waals surface area (Å²) in [5.41, 5.74) is 7.29. The van der Waals surface area contributed by atoms with Crippen molar-refractivity contribution in [1.29, 1.82) is 0 Å². The van der Waals surface area contributed by atoms with Crippen LogP contribution in [0.15, 0.2) is 45.9 Å². The van der Waals surface area contributed by atoms with E-state index in [2.05, 4.69) is 73.2 Å². The molecule has 1 aliphatic heterocycles. The van der Waals surface area contributed by atoms with Gasteiger partial charge in [-0.3, -0.25) is 0 Å². The quantitative estimate of drug-likeness (QED) is 0.424. The highest BCUT2D eigenvalue weighted by Crippen LogP contribution is 2.46. The number of nitrogens with zero attached hydrogens (tertiary/aromatic N) is 1. The molecule has 1 aromatic heterocycles. The molecule has 128 valence electrons. The number of nitrogens with one attached hydrogen (secondary N) is 1. The minimum Gasteiger partial charge on any atom is -0.374 e. The van der Waals surface area contributed by atoms with Crippen LogP contribution >= 0.6 is 36.6 Å². The van der Waals surface area contributed by atoms with Crippen LogP contribution < -0.4 is 9.99 Å². The van der Waals surface area contributed by atoms with E-state index in [4.69, 9.17) is 4.99 Å². The van der Waals surface area contributed by atoms with Crippen molar-refractivity contribution in [3.63, 3.8) is 0 Å². The predicted octanol–water partition coefficient (Wildman–Crippen LogP) is 6.75. The van der Waals surface area contributed by atoms with E-state index in [0.717, 1.165) is 14.8 Å². The highest BCUT2D eigenvalue weighted by Gasteiger charge is 2.34. The number of halogens is 1. The fourth-order valence-corrected chi connectivity index (χ4v) is 6.53. The van der Waals surface area contributed by atoms with Crippen LogP contribution in [0.1, 0.15) is 29.9 Å². The highest BCUT2D eigenvalue weighted by atomic mass is 79.9. The lowest BCUT2D eigenvalue weighted by Crippen LogP contribution is -2.32. The fraction of sp³-hybridized carbons (Fsp3) is 0.250. The van der Waals surface area contributed by atoms with Crippen molar-refractivity contribution in [1.82, 2.24) is 0 Å². The van der Waals surface area contributed by atoms with Gasteiger partial charge in [0.1, 0.15) is 4.67 Å². The second-order valence-electron chi connectivity index (χ2n) is 7.02. The monoisotopic (exact) mass is 430 g/mol. The maximum Gasteiger partial charge on any atom is 0.135 e. The topological polar surface area (TPSA) is 24.4 Å². The Kier molecular flexibility index (Phi) is 4.13. The average Bonchev–Trinajstić information content (AvgIpc) is 2.96. The van der Waals surface area contributed by atoms with E-state index in [0.29, 0.717) is 0 Å². The summed E-state index contributed by atoms with van der Waals surface area (Å²) >= 11 is 3.49. The molecule has 5 heteroatoms. The van der Waals surface area contributed by atoms with Gasteiger partial charge in [-0.05, 0) is 63.6 Å². The first-order chi connectivity index (χ1) is 11.8. The molecule has 3 aromatic rings. The third kappa shape index (κ3) is 2.98. The minimum atomic E-state index is -0.0863. The molecule has 0 spiro atoms. The Balaban J connectivity index is 2.00. The lowest BCUT2D eigenvalue weighted by molar-refractivity contribution is 0.618. The van der Waals surface area contributed by atoms with Crippen LogP contribution in [0.25, 0.3) is 11.1 Å². The molecule has 1 aliphatic rings. The second kappa shape index (κ2) is 6.08. The Morgan fingerprint density at radius 3 is 2.48 bits per heavy atom. The zero-order valence-corrected chi connectivity index (χ0v) is 17.8. The van der Waals surface area contributed by atoms with Crippen LogP contribution in [0, 0.1) is 13.8 Å². The summed E-state index contributed by atoms with van der Waals surface area (Å²) in [7, 11) is 3.60. The summed E-state index contributed by atoms with van der Waals surface area (Å²) in [5.74, 6) is 0. The van der Waals surface area contributed by atoms with E-state index in [9.17, 15) is 0 Å². The first-order valence-electron chi connectivity index (χ1n) is 8.19. The number of anilines is 1. The second-order valence-corrected chi connectivity index (χ2v) is 10.1. The van der Waals surface area contributed by atoms with Crippen LogP contribution in [-0.4, -0.2) is 0 Å². The number of hydrogen-bond donors (Lipinski definition) is 1. The number of fused-ring (bicyclic) bond motifs is 3. The number of aryl methyl sites for hydroxylation is 2. The Morgan fingerprint density at radius 1 is 1.04 bits per heavy atom. The van der Waals surface area contributed by atoms with Crippen molar-refractivity contribution < 1.29 is 0 Å². The Labute approximate surface area is 163 Å². The largest absolute Gasteiger partial charge is 0.374 e. The van der Waals surface area contributed by atoms with Crippen LogP contribution in [0.5, 0.6) is 0 Å². The van der Waals surface area contributed by atoms with E-state index >= 15 is 0 Å². The zero-order valence-electron chi connectivity index (χ0n) is 14.6. The van der Waals surface area contributed by atoms with Gasteiger partial charge in [-0.2, -0.15) is 0 Å². The molecule has 0 saturated heterocycles. The molecule has 0 aliphatic carbocycles. The standard InChI is InChI=1S/C20H19BrN2S2/c1-11-9-12(2)17-15(10-11)16-18(20(3,4)23-17)24-25-19(16)22-14-7-5-13(21)6-8-14/h5-10,23H,1-4H3. The van der Waals surface area contributed by atoms with Crippen molar-refractivity contribution in [3.8, 4) is 11.1 Å². The van der Waals surface area contributed by atoms with Crippen molar-refractivity contribution in [2.75, 3.05) is 5.32 Å². The molecule has 1 N–H and O–H groups in total. The molecule has 0 fully saturated rings. The predicted molar refractivity (Wildman–Crippen MR) is 113 cm³/mol. The van der Waals surface area contributed by atoms with Crippen molar-refractivity contribution in [2.24, 2.45) is 4.99 Å². The van der Waals surface area contributed by atoms with Gasteiger partial charge in [0.15, 0.2) is 0 Å². The Morgan fingerprint density at radius 2 is 1.76 bits per heavy atom. The fourth-order valence-electron chi connectivity index (χ4n) is 3.32. The Hall–Kier alpha value is -1.43. The molecule has 2 nitrogen and oxygen atoms in total. The van der Waals surface area contributed by atoms with Gasteiger partial charge in [-0.25, -0.2) is 4.99 Å². The number of benzene rings is 2. The molecule has 4 rings (SSSR count). The van der Waals surface area contributed by atoms with Crippen molar-refractivity contribution in [3.05, 3.63) is 61.5 Å². The van der Waals surface area contributed by atoms with Crippen molar-refractivity contribution >= 4 is 48.0 Å². The van der Waals surface area contributed by atoms with E-state index in [1.54, 1.807) is 10.3 Å². The summed E-state index contributed by atoms with van der Waals surface area (Å²) in [6.07, 6.45) is 0. The normalized spacial score (nSPS) is 15.5. The molecule has 0 unspecified atom stereocenters. The first kappa shape index (κ1) is 17.0. The zero-order chi connectivity index (χ0) is 17.8. The highest BCUT2D eigenvalue weighted by molar-refractivity contribution is 9.10. The molecular formula is C20H19BrN2S2. The lowest BCUT2D eigenvalue weighted by Gasteiger charge is -2.34. The maximum absolute atomic E-state index is 4.96. The molecule has 0 amide bonds. The molecule has 0 bridgehead atoms. The van der Waals surface area contributed by atoms with Gasteiger partial charge < -0.3 is 5.32 Å². The summed E-state index contributed by atoms with van der Waals surface area (Å²) in [6, 6.07) is 12.7. The molecule has 0 radical (unpaired) electrons. The molecule has 25 heavy (non-hydrogen) atoms. The van der Waals surface area contributed by atoms with Gasteiger partial charge in [0.05, 0.1) is 16.1 Å². The lowest BCUT2D eigenvalue weighted by atomic mass is 9.87. The van der Waals surface area contributed by atoms with Crippen LogP contribution in [0.4, 0.5) is 11.4 Å². The van der Waals surface area contributed by atoms with Gasteiger partial charge in [0, 0.05) is 21.3 Å². The molecular weight excluding hydrogens is 412 g/mol. The van der Waals surface area contributed by atoms with Gasteiger partial charge in [-0.1, -0.05) is 48.2 Å². The van der Waals surface area contributed by atoms with Gasteiger partial charge >= 0.3 is 0 Å². The summed E-state index contributed by atoms with van der Waals surface area (Å²) in [5, 5.41) is 3.74. The van der Waals surface area contributed by atoms with E-state index in [-0.39, 0.29) is 5.54 Å². The molecule has 0 saturated carbocycles. The van der Waals surface area contributed by atoms with Crippen molar-refractivity contribution in [2.45, 2.75) is 33.2 Å².